The molecule has 0 fully saturated rings. The van der Waals surface area contributed by atoms with Crippen LogP contribution in [0.2, 0.25) is 0 Å². The number of rotatable bonds is 11. The number of alkyl halides is 2. The van der Waals surface area contributed by atoms with Crippen molar-refractivity contribution in [1.82, 2.24) is 5.32 Å². The fourth-order valence-electron chi connectivity index (χ4n) is 1.66. The zero-order valence-electron chi connectivity index (χ0n) is 12.0. The van der Waals surface area contributed by atoms with E-state index < -0.39 is 13.0 Å². The number of halogens is 2. The minimum atomic E-state index is -2.38. The molecule has 0 saturated carbocycles. The Morgan fingerprint density at radius 3 is 2.39 bits per heavy atom. The fourth-order valence-corrected chi connectivity index (χ4v) is 1.66. The maximum absolute atomic E-state index is 11.9. The Morgan fingerprint density at radius 2 is 1.89 bits per heavy atom. The molecule has 0 bridgehead atoms. The van der Waals surface area contributed by atoms with E-state index in [4.69, 9.17) is 9.47 Å². The van der Waals surface area contributed by atoms with Gasteiger partial charge in [-0.15, -0.1) is 0 Å². The van der Waals surface area contributed by atoms with Crippen LogP contribution in [-0.2, 0) is 9.47 Å². The largest absolute Gasteiger partial charge is 0.379 e. The van der Waals surface area contributed by atoms with Gasteiger partial charge in [0, 0.05) is 19.8 Å². The van der Waals surface area contributed by atoms with Crippen molar-refractivity contribution in [3.63, 3.8) is 0 Å². The van der Waals surface area contributed by atoms with E-state index in [0.29, 0.717) is 12.6 Å². The van der Waals surface area contributed by atoms with Crippen LogP contribution in [0.15, 0.2) is 0 Å². The molecule has 0 radical (unpaired) electrons. The molecule has 5 heteroatoms. The summed E-state index contributed by atoms with van der Waals surface area (Å²) < 4.78 is 34.1. The molecule has 110 valence electrons. The summed E-state index contributed by atoms with van der Waals surface area (Å²) in [6, 6.07) is 0.294. The minimum absolute atomic E-state index is 0.141. The predicted octanol–water partition coefficient (Wildman–Crippen LogP) is 2.84. The van der Waals surface area contributed by atoms with Gasteiger partial charge < -0.3 is 14.8 Å². The van der Waals surface area contributed by atoms with Crippen LogP contribution >= 0.6 is 0 Å². The number of ether oxygens (including phenoxy) is 2. The van der Waals surface area contributed by atoms with Gasteiger partial charge in [-0.3, -0.25) is 0 Å². The Bertz CT molecular complexity index is 201. The molecule has 0 aliphatic heterocycles. The van der Waals surface area contributed by atoms with Gasteiger partial charge in [0.2, 0.25) is 0 Å². The van der Waals surface area contributed by atoms with E-state index in [0.717, 1.165) is 25.8 Å². The molecule has 18 heavy (non-hydrogen) atoms. The molecule has 1 N–H and O–H groups in total. The molecule has 3 nitrogen and oxygen atoms in total. The third-order valence-electron chi connectivity index (χ3n) is 2.99. The Hall–Kier alpha value is -0.260. The Kier molecular flexibility index (Phi) is 9.50. The molecular formula is C13H27F2NO2. The summed E-state index contributed by atoms with van der Waals surface area (Å²) >= 11 is 0. The molecule has 0 aromatic carbocycles. The van der Waals surface area contributed by atoms with E-state index >= 15 is 0 Å². The van der Waals surface area contributed by atoms with Crippen LogP contribution in [0.3, 0.4) is 0 Å². The summed E-state index contributed by atoms with van der Waals surface area (Å²) in [4.78, 5) is 0. The van der Waals surface area contributed by atoms with E-state index in [1.165, 1.54) is 0 Å². The topological polar surface area (TPSA) is 30.5 Å². The molecule has 0 aromatic rings. The second kappa shape index (κ2) is 9.64. The van der Waals surface area contributed by atoms with E-state index in [2.05, 4.69) is 5.32 Å². The maximum Gasteiger partial charge on any atom is 0.261 e. The molecule has 0 aliphatic carbocycles. The average Bonchev–Trinajstić information content (AvgIpc) is 2.31. The van der Waals surface area contributed by atoms with Crippen molar-refractivity contribution in [3.8, 4) is 0 Å². The lowest BCUT2D eigenvalue weighted by molar-refractivity contribution is 0.00506. The second-order valence-corrected chi connectivity index (χ2v) is 5.01. The van der Waals surface area contributed by atoms with Crippen LogP contribution in [-0.4, -0.2) is 44.9 Å². The zero-order chi connectivity index (χ0) is 14.0. The van der Waals surface area contributed by atoms with Crippen LogP contribution < -0.4 is 5.32 Å². The lowest BCUT2D eigenvalue weighted by Gasteiger charge is -2.26. The number of hydrogen-bond donors (Lipinski definition) is 1. The maximum atomic E-state index is 11.9. The zero-order valence-corrected chi connectivity index (χ0v) is 12.0. The van der Waals surface area contributed by atoms with E-state index in [1.807, 2.05) is 20.8 Å². The van der Waals surface area contributed by atoms with Crippen molar-refractivity contribution >= 4 is 0 Å². The quantitative estimate of drug-likeness (QED) is 0.584. The lowest BCUT2D eigenvalue weighted by atomic mass is 9.97. The van der Waals surface area contributed by atoms with Crippen LogP contribution in [0.4, 0.5) is 8.78 Å². The average molecular weight is 267 g/mol. The van der Waals surface area contributed by atoms with E-state index in [-0.39, 0.29) is 5.60 Å². The van der Waals surface area contributed by atoms with Crippen molar-refractivity contribution in [1.29, 1.82) is 0 Å². The summed E-state index contributed by atoms with van der Waals surface area (Å²) in [5, 5.41) is 3.34. The van der Waals surface area contributed by atoms with Gasteiger partial charge in [-0.05, 0) is 39.7 Å². The molecule has 0 heterocycles. The van der Waals surface area contributed by atoms with Gasteiger partial charge >= 0.3 is 0 Å². The highest BCUT2D eigenvalue weighted by Gasteiger charge is 2.18. The number of hydrogen-bond acceptors (Lipinski definition) is 3. The Balaban J connectivity index is 3.84. The normalized spacial score (nSPS) is 14.2. The van der Waals surface area contributed by atoms with E-state index in [9.17, 15) is 8.78 Å². The van der Waals surface area contributed by atoms with Gasteiger partial charge in [-0.1, -0.05) is 6.92 Å². The summed E-state index contributed by atoms with van der Waals surface area (Å²) in [7, 11) is 1.70. The predicted molar refractivity (Wildman–Crippen MR) is 69.2 cm³/mol. The molecule has 0 saturated heterocycles. The molecule has 0 aromatic heterocycles. The first-order valence-electron chi connectivity index (χ1n) is 6.55. The van der Waals surface area contributed by atoms with Crippen molar-refractivity contribution in [3.05, 3.63) is 0 Å². The first kappa shape index (κ1) is 17.7. The number of nitrogens with one attached hydrogen (secondary N) is 1. The van der Waals surface area contributed by atoms with Crippen molar-refractivity contribution in [2.45, 2.75) is 58.1 Å². The summed E-state index contributed by atoms with van der Waals surface area (Å²) in [6.45, 7) is 6.89. The highest BCUT2D eigenvalue weighted by Crippen LogP contribution is 2.17. The SMILES string of the molecule is CCNC(CCOCC(F)F)CCC(C)(C)OC. The van der Waals surface area contributed by atoms with Crippen LogP contribution in [0, 0.1) is 0 Å². The van der Waals surface area contributed by atoms with Crippen LogP contribution in [0.1, 0.15) is 40.0 Å². The summed E-state index contributed by atoms with van der Waals surface area (Å²) in [5.41, 5.74) is -0.141. The second-order valence-electron chi connectivity index (χ2n) is 5.01. The highest BCUT2D eigenvalue weighted by atomic mass is 19.3. The van der Waals surface area contributed by atoms with E-state index in [1.54, 1.807) is 7.11 Å². The van der Waals surface area contributed by atoms with Gasteiger partial charge in [0.05, 0.1) is 5.60 Å². The van der Waals surface area contributed by atoms with Gasteiger partial charge in [0.25, 0.3) is 6.43 Å². The summed E-state index contributed by atoms with van der Waals surface area (Å²) in [6.07, 6.45) is 0.248. The molecule has 0 spiro atoms. The fraction of sp³-hybridized carbons (Fsp3) is 1.00. The first-order valence-corrected chi connectivity index (χ1v) is 6.55. The molecule has 1 unspecified atom stereocenters. The van der Waals surface area contributed by atoms with Crippen LogP contribution in [0.25, 0.3) is 0 Å². The minimum Gasteiger partial charge on any atom is -0.379 e. The highest BCUT2D eigenvalue weighted by molar-refractivity contribution is 4.74. The van der Waals surface area contributed by atoms with Gasteiger partial charge in [-0.25, -0.2) is 8.78 Å². The smallest absolute Gasteiger partial charge is 0.261 e. The Labute approximate surface area is 109 Å². The first-order chi connectivity index (χ1) is 8.41. The molecule has 0 aliphatic rings. The van der Waals surface area contributed by atoms with Gasteiger partial charge in [-0.2, -0.15) is 0 Å². The third-order valence-corrected chi connectivity index (χ3v) is 2.99. The Morgan fingerprint density at radius 1 is 1.22 bits per heavy atom. The summed E-state index contributed by atoms with van der Waals surface area (Å²) in [5.74, 6) is 0. The molecule has 1 atom stereocenters. The van der Waals surface area contributed by atoms with Gasteiger partial charge in [0.15, 0.2) is 0 Å². The van der Waals surface area contributed by atoms with Crippen molar-refractivity contribution in [2.24, 2.45) is 0 Å². The standard InChI is InChI=1S/C13H27F2NO2/c1-5-16-11(6-8-13(2,3)17-4)7-9-18-10-12(14)15/h11-12,16H,5-10H2,1-4H3. The molecule has 0 amide bonds. The monoisotopic (exact) mass is 267 g/mol. The molecule has 0 rings (SSSR count). The van der Waals surface area contributed by atoms with Crippen molar-refractivity contribution < 1.29 is 18.3 Å². The lowest BCUT2D eigenvalue weighted by Crippen LogP contribution is -2.33. The third kappa shape index (κ3) is 9.74. The van der Waals surface area contributed by atoms with Gasteiger partial charge in [0.1, 0.15) is 6.61 Å². The molecular weight excluding hydrogens is 240 g/mol. The number of methoxy groups -OCH3 is 1. The van der Waals surface area contributed by atoms with Crippen molar-refractivity contribution in [2.75, 3.05) is 26.9 Å². The van der Waals surface area contributed by atoms with Crippen LogP contribution in [0.5, 0.6) is 0 Å².